The number of ether oxygens (including phenoxy) is 3. The third-order valence-electron chi connectivity index (χ3n) is 5.27. The maximum atomic E-state index is 12.6. The van der Waals surface area contributed by atoms with Gasteiger partial charge in [-0.15, -0.1) is 0 Å². The fourth-order valence-electron chi connectivity index (χ4n) is 3.63. The highest BCUT2D eigenvalue weighted by molar-refractivity contribution is 6.00. The number of halogens is 3. The highest BCUT2D eigenvalue weighted by Crippen LogP contribution is 2.34. The molecule has 0 aliphatic carbocycles. The third-order valence-corrected chi connectivity index (χ3v) is 5.27. The molecule has 0 saturated carbocycles. The van der Waals surface area contributed by atoms with Crippen LogP contribution >= 0.6 is 0 Å². The molecule has 182 valence electrons. The van der Waals surface area contributed by atoms with E-state index in [9.17, 15) is 18.0 Å². The number of amides is 1. The summed E-state index contributed by atoms with van der Waals surface area (Å²) < 4.78 is 55.3. The van der Waals surface area contributed by atoms with Crippen LogP contribution in [0.2, 0.25) is 0 Å². The molecule has 1 N–H and O–H groups in total. The largest absolute Gasteiger partial charge is 0.496 e. The predicted molar refractivity (Wildman–Crippen MR) is 122 cm³/mol. The predicted octanol–water partition coefficient (Wildman–Crippen LogP) is 4.41. The lowest BCUT2D eigenvalue weighted by atomic mass is 10.1. The van der Waals surface area contributed by atoms with Crippen molar-refractivity contribution in [3.63, 3.8) is 0 Å². The number of benzene rings is 2. The number of carbonyl (C=O) groups excluding carboxylic acids is 1. The topological polar surface area (TPSA) is 87.5 Å². The Morgan fingerprint density at radius 3 is 2.26 bits per heavy atom. The van der Waals surface area contributed by atoms with Crippen molar-refractivity contribution in [3.8, 4) is 34.2 Å². The molecule has 0 unspecified atom stereocenters. The van der Waals surface area contributed by atoms with Crippen molar-refractivity contribution >= 4 is 16.9 Å². The molecule has 0 aliphatic rings. The minimum atomic E-state index is -4.55. The minimum Gasteiger partial charge on any atom is -0.496 e. The van der Waals surface area contributed by atoms with Crippen LogP contribution in [0.4, 0.5) is 13.2 Å². The molecule has 8 nitrogen and oxygen atoms in total. The molecule has 0 bridgehead atoms. The molecule has 1 amide bonds. The SMILES string of the molecule is COc1cc(-c2ccc3c(c2)ncn3-c2cc(OC)c(C(=O)NCC(F)(F)F)c(OC)c2)ccn1. The van der Waals surface area contributed by atoms with Crippen molar-refractivity contribution in [1.29, 1.82) is 0 Å². The average molecular weight is 486 g/mol. The van der Waals surface area contributed by atoms with Crippen molar-refractivity contribution in [2.24, 2.45) is 0 Å². The fourth-order valence-corrected chi connectivity index (χ4v) is 3.63. The van der Waals surface area contributed by atoms with Crippen LogP contribution in [0.5, 0.6) is 17.4 Å². The highest BCUT2D eigenvalue weighted by atomic mass is 19.4. The number of alkyl halides is 3. The van der Waals surface area contributed by atoms with Gasteiger partial charge in [0.1, 0.15) is 29.9 Å². The van der Waals surface area contributed by atoms with E-state index in [4.69, 9.17) is 14.2 Å². The molecule has 2 aromatic carbocycles. The minimum absolute atomic E-state index is 0.0568. The lowest BCUT2D eigenvalue weighted by molar-refractivity contribution is -0.123. The summed E-state index contributed by atoms with van der Waals surface area (Å²) in [5, 5.41) is 1.85. The molecular formula is C24H21F3N4O4. The Balaban J connectivity index is 1.73. The van der Waals surface area contributed by atoms with E-state index in [1.807, 2.05) is 35.6 Å². The first-order valence-corrected chi connectivity index (χ1v) is 10.3. The van der Waals surface area contributed by atoms with Gasteiger partial charge in [-0.25, -0.2) is 9.97 Å². The summed E-state index contributed by atoms with van der Waals surface area (Å²) in [6, 6.07) is 12.5. The summed E-state index contributed by atoms with van der Waals surface area (Å²) in [6.07, 6.45) is -1.30. The molecule has 35 heavy (non-hydrogen) atoms. The van der Waals surface area contributed by atoms with E-state index in [2.05, 4.69) is 9.97 Å². The maximum Gasteiger partial charge on any atom is 0.405 e. The van der Waals surface area contributed by atoms with Crippen molar-refractivity contribution < 1.29 is 32.2 Å². The van der Waals surface area contributed by atoms with Crippen LogP contribution in [-0.2, 0) is 0 Å². The second-order valence-corrected chi connectivity index (χ2v) is 7.43. The van der Waals surface area contributed by atoms with E-state index in [0.717, 1.165) is 16.6 Å². The van der Waals surface area contributed by atoms with Gasteiger partial charge in [-0.1, -0.05) is 6.07 Å². The number of rotatable bonds is 7. The second-order valence-electron chi connectivity index (χ2n) is 7.43. The van der Waals surface area contributed by atoms with Crippen LogP contribution in [0.3, 0.4) is 0 Å². The molecule has 0 saturated heterocycles. The Kier molecular flexibility index (Phi) is 6.50. The van der Waals surface area contributed by atoms with Crippen molar-refractivity contribution in [2.75, 3.05) is 27.9 Å². The summed E-state index contributed by atoms with van der Waals surface area (Å²) in [5.41, 5.74) is 3.69. The van der Waals surface area contributed by atoms with Crippen LogP contribution in [0.25, 0.3) is 27.8 Å². The zero-order valence-corrected chi connectivity index (χ0v) is 19.0. The molecule has 2 aromatic heterocycles. The number of imidazole rings is 1. The summed E-state index contributed by atoms with van der Waals surface area (Å²) in [7, 11) is 4.19. The molecule has 11 heteroatoms. The maximum absolute atomic E-state index is 12.6. The molecule has 0 spiro atoms. The summed E-state index contributed by atoms with van der Waals surface area (Å²) >= 11 is 0. The van der Waals surface area contributed by atoms with Crippen LogP contribution in [0.1, 0.15) is 10.4 Å². The number of carbonyl (C=O) groups is 1. The van der Waals surface area contributed by atoms with Gasteiger partial charge in [0, 0.05) is 24.4 Å². The number of hydrogen-bond acceptors (Lipinski definition) is 6. The Bertz CT molecular complexity index is 1360. The molecule has 0 atom stereocenters. The van der Waals surface area contributed by atoms with Gasteiger partial charge < -0.3 is 19.5 Å². The number of pyridine rings is 1. The third kappa shape index (κ3) is 4.98. The van der Waals surface area contributed by atoms with E-state index in [0.29, 0.717) is 17.1 Å². The van der Waals surface area contributed by atoms with Gasteiger partial charge >= 0.3 is 6.18 Å². The number of methoxy groups -OCH3 is 3. The molecule has 0 radical (unpaired) electrons. The molecule has 0 fully saturated rings. The van der Waals surface area contributed by atoms with Crippen LogP contribution in [0.15, 0.2) is 55.0 Å². The summed E-state index contributed by atoms with van der Waals surface area (Å²) in [6.45, 7) is -1.47. The Morgan fingerprint density at radius 1 is 0.943 bits per heavy atom. The first-order chi connectivity index (χ1) is 16.7. The number of nitrogens with one attached hydrogen (secondary N) is 1. The van der Waals surface area contributed by atoms with Gasteiger partial charge in [0.15, 0.2) is 0 Å². The van der Waals surface area contributed by atoms with Crippen molar-refractivity contribution in [2.45, 2.75) is 6.18 Å². The molecule has 0 aliphatic heterocycles. The average Bonchev–Trinajstić information content (AvgIpc) is 3.29. The standard InChI is InChI=1S/C24H21F3N4O4/c1-33-19-10-16(11-20(34-2)22(19)23(32)29-12-24(25,26)27)31-13-30-17-8-14(4-5-18(17)31)15-6-7-28-21(9-15)35-3/h4-11,13H,12H2,1-3H3,(H,29,32). The van der Waals surface area contributed by atoms with E-state index in [1.165, 1.54) is 26.4 Å². The molecule has 4 aromatic rings. The molecular weight excluding hydrogens is 465 g/mol. The van der Waals surface area contributed by atoms with Gasteiger partial charge in [0.05, 0.1) is 38.1 Å². The number of aromatic nitrogens is 3. The van der Waals surface area contributed by atoms with Crippen molar-refractivity contribution in [3.05, 3.63) is 60.6 Å². The smallest absolute Gasteiger partial charge is 0.405 e. The first kappa shape index (κ1) is 23.9. The Morgan fingerprint density at radius 2 is 1.63 bits per heavy atom. The lowest BCUT2D eigenvalue weighted by Gasteiger charge is -2.16. The quantitative estimate of drug-likeness (QED) is 0.417. The zero-order valence-electron chi connectivity index (χ0n) is 19.0. The molecule has 2 heterocycles. The van der Waals surface area contributed by atoms with Crippen LogP contribution < -0.4 is 19.5 Å². The monoisotopic (exact) mass is 486 g/mol. The normalized spacial score (nSPS) is 11.4. The van der Waals surface area contributed by atoms with E-state index < -0.39 is 18.6 Å². The highest BCUT2D eigenvalue weighted by Gasteiger charge is 2.30. The Hall–Kier alpha value is -4.28. The van der Waals surface area contributed by atoms with Crippen molar-refractivity contribution in [1.82, 2.24) is 19.9 Å². The van der Waals surface area contributed by atoms with Gasteiger partial charge in [-0.05, 0) is 29.3 Å². The van der Waals surface area contributed by atoms with Gasteiger partial charge in [0.2, 0.25) is 5.88 Å². The van der Waals surface area contributed by atoms with E-state index in [1.54, 1.807) is 24.2 Å². The first-order valence-electron chi connectivity index (χ1n) is 10.3. The van der Waals surface area contributed by atoms with Gasteiger partial charge in [-0.3, -0.25) is 9.36 Å². The van der Waals surface area contributed by atoms with Gasteiger partial charge in [0.25, 0.3) is 5.91 Å². The Labute approximate surface area is 198 Å². The number of nitrogens with zero attached hydrogens (tertiary/aromatic N) is 3. The zero-order chi connectivity index (χ0) is 25.2. The number of fused-ring (bicyclic) bond motifs is 1. The number of hydrogen-bond donors (Lipinski definition) is 1. The summed E-state index contributed by atoms with van der Waals surface area (Å²) in [5.74, 6) is -0.357. The second kappa shape index (κ2) is 9.53. The van der Waals surface area contributed by atoms with E-state index in [-0.39, 0.29) is 17.1 Å². The summed E-state index contributed by atoms with van der Waals surface area (Å²) in [4.78, 5) is 21.1. The van der Waals surface area contributed by atoms with Gasteiger partial charge in [-0.2, -0.15) is 13.2 Å². The lowest BCUT2D eigenvalue weighted by Crippen LogP contribution is -2.34. The van der Waals surface area contributed by atoms with Crippen LogP contribution in [0, 0.1) is 0 Å². The fraction of sp³-hybridized carbons (Fsp3) is 0.208. The van der Waals surface area contributed by atoms with Crippen LogP contribution in [-0.4, -0.2) is 54.5 Å². The van der Waals surface area contributed by atoms with E-state index >= 15 is 0 Å². The molecule has 4 rings (SSSR count).